The number of aromatic nitrogens is 2. The van der Waals surface area contributed by atoms with E-state index in [1.54, 1.807) is 29.1 Å². The molecule has 1 amide bonds. The second-order valence-electron chi connectivity index (χ2n) is 3.15. The summed E-state index contributed by atoms with van der Waals surface area (Å²) in [6.45, 7) is 2.67. The summed E-state index contributed by atoms with van der Waals surface area (Å²) in [5, 5.41) is 0. The minimum atomic E-state index is -0.0116. The summed E-state index contributed by atoms with van der Waals surface area (Å²) in [4.78, 5) is 21.7. The molecule has 14 heavy (non-hydrogen) atoms. The summed E-state index contributed by atoms with van der Waals surface area (Å²) in [6.07, 6.45) is 3.16. The molecule has 0 unspecified atom stereocenters. The van der Waals surface area contributed by atoms with E-state index < -0.39 is 0 Å². The van der Waals surface area contributed by atoms with Crippen LogP contribution in [-0.4, -0.2) is 38.9 Å². The maximum atomic E-state index is 11.8. The zero-order valence-corrected chi connectivity index (χ0v) is 8.75. The summed E-state index contributed by atoms with van der Waals surface area (Å²) in [5.74, 6) is 1.78. The Morgan fingerprint density at radius 1 is 1.50 bits per heavy atom. The van der Waals surface area contributed by atoms with Gasteiger partial charge < -0.3 is 4.90 Å². The van der Waals surface area contributed by atoms with Crippen LogP contribution in [0.15, 0.2) is 12.4 Å². The maximum absolute atomic E-state index is 11.8. The number of aryl methyl sites for hydroxylation is 1. The van der Waals surface area contributed by atoms with Crippen molar-refractivity contribution in [3.63, 3.8) is 0 Å². The first-order valence-corrected chi connectivity index (χ1v) is 5.58. The standard InChI is InChI=1S/C9H11N3OS/c1-7-4-11-8(5-10-7)9(13)12-2-3-14-6-12/h4-5H,2-3,6H2,1H3. The van der Waals surface area contributed by atoms with Gasteiger partial charge in [0, 0.05) is 18.5 Å². The Morgan fingerprint density at radius 3 is 2.93 bits per heavy atom. The Labute approximate surface area is 86.7 Å². The van der Waals surface area contributed by atoms with E-state index >= 15 is 0 Å². The maximum Gasteiger partial charge on any atom is 0.274 e. The number of nitrogens with zero attached hydrogens (tertiary/aromatic N) is 3. The van der Waals surface area contributed by atoms with Crippen LogP contribution in [0.1, 0.15) is 16.2 Å². The zero-order chi connectivity index (χ0) is 9.97. The number of rotatable bonds is 1. The molecule has 1 aliphatic rings. The Bertz CT molecular complexity index is 332. The van der Waals surface area contributed by atoms with E-state index in [0.29, 0.717) is 5.69 Å². The van der Waals surface area contributed by atoms with Crippen LogP contribution in [0.2, 0.25) is 0 Å². The molecule has 0 aliphatic carbocycles. The highest BCUT2D eigenvalue weighted by Gasteiger charge is 2.20. The highest BCUT2D eigenvalue weighted by Crippen LogP contribution is 2.15. The molecule has 0 aromatic carbocycles. The quantitative estimate of drug-likeness (QED) is 0.690. The predicted octanol–water partition coefficient (Wildman–Crippen LogP) is 0.932. The summed E-state index contributed by atoms with van der Waals surface area (Å²) < 4.78 is 0. The molecule has 0 N–H and O–H groups in total. The van der Waals surface area contributed by atoms with E-state index in [9.17, 15) is 4.79 Å². The fourth-order valence-corrected chi connectivity index (χ4v) is 2.18. The van der Waals surface area contributed by atoms with Gasteiger partial charge in [0.05, 0.1) is 17.8 Å². The van der Waals surface area contributed by atoms with Crippen molar-refractivity contribution in [3.05, 3.63) is 23.8 Å². The first kappa shape index (κ1) is 9.45. The van der Waals surface area contributed by atoms with E-state index in [2.05, 4.69) is 9.97 Å². The van der Waals surface area contributed by atoms with Crippen LogP contribution in [0.5, 0.6) is 0 Å². The van der Waals surface area contributed by atoms with Gasteiger partial charge in [-0.25, -0.2) is 4.98 Å². The van der Waals surface area contributed by atoms with Gasteiger partial charge in [-0.15, -0.1) is 11.8 Å². The van der Waals surface area contributed by atoms with Crippen molar-refractivity contribution in [2.24, 2.45) is 0 Å². The van der Waals surface area contributed by atoms with Gasteiger partial charge >= 0.3 is 0 Å². The smallest absolute Gasteiger partial charge is 0.274 e. The van der Waals surface area contributed by atoms with Crippen LogP contribution in [0.4, 0.5) is 0 Å². The summed E-state index contributed by atoms with van der Waals surface area (Å²) in [5.41, 5.74) is 1.27. The lowest BCUT2D eigenvalue weighted by atomic mass is 10.3. The van der Waals surface area contributed by atoms with Crippen molar-refractivity contribution in [3.8, 4) is 0 Å². The molecule has 4 nitrogen and oxygen atoms in total. The molecule has 1 fully saturated rings. The second kappa shape index (κ2) is 3.96. The van der Waals surface area contributed by atoms with Crippen LogP contribution in [0.25, 0.3) is 0 Å². The third-order valence-electron chi connectivity index (χ3n) is 2.04. The Balaban J connectivity index is 2.14. The van der Waals surface area contributed by atoms with Gasteiger partial charge in [-0.3, -0.25) is 9.78 Å². The van der Waals surface area contributed by atoms with Crippen molar-refractivity contribution in [2.45, 2.75) is 6.92 Å². The predicted molar refractivity (Wildman–Crippen MR) is 55.1 cm³/mol. The van der Waals surface area contributed by atoms with E-state index in [1.807, 2.05) is 6.92 Å². The summed E-state index contributed by atoms with van der Waals surface area (Å²) >= 11 is 1.77. The molecule has 2 heterocycles. The largest absolute Gasteiger partial charge is 0.327 e. The average Bonchev–Trinajstić information content (AvgIpc) is 2.71. The fraction of sp³-hybridized carbons (Fsp3) is 0.444. The second-order valence-corrected chi connectivity index (χ2v) is 4.22. The molecule has 2 rings (SSSR count). The van der Waals surface area contributed by atoms with Crippen molar-refractivity contribution in [2.75, 3.05) is 18.2 Å². The molecule has 0 saturated carbocycles. The van der Waals surface area contributed by atoms with E-state index in [1.165, 1.54) is 0 Å². The van der Waals surface area contributed by atoms with Gasteiger partial charge in [-0.2, -0.15) is 0 Å². The lowest BCUT2D eigenvalue weighted by molar-refractivity contribution is 0.0796. The SMILES string of the molecule is Cc1cnc(C(=O)N2CCSC2)cn1. The number of hydrogen-bond donors (Lipinski definition) is 0. The van der Waals surface area contributed by atoms with Crippen LogP contribution >= 0.6 is 11.8 Å². The van der Waals surface area contributed by atoms with E-state index in [-0.39, 0.29) is 5.91 Å². The van der Waals surface area contributed by atoms with E-state index in [0.717, 1.165) is 23.9 Å². The number of thioether (sulfide) groups is 1. The summed E-state index contributed by atoms with van der Waals surface area (Å²) in [6, 6.07) is 0. The van der Waals surface area contributed by atoms with Crippen LogP contribution in [0, 0.1) is 6.92 Å². The molecule has 1 aromatic rings. The van der Waals surface area contributed by atoms with Crippen molar-refractivity contribution < 1.29 is 4.79 Å². The van der Waals surface area contributed by atoms with Crippen LogP contribution in [-0.2, 0) is 0 Å². The number of hydrogen-bond acceptors (Lipinski definition) is 4. The van der Waals surface area contributed by atoms with Gasteiger partial charge in [0.1, 0.15) is 5.69 Å². The van der Waals surface area contributed by atoms with Gasteiger partial charge in [0.2, 0.25) is 0 Å². The van der Waals surface area contributed by atoms with Crippen molar-refractivity contribution >= 4 is 17.7 Å². The molecule has 1 aromatic heterocycles. The first-order valence-electron chi connectivity index (χ1n) is 4.43. The molecule has 0 atom stereocenters. The Morgan fingerprint density at radius 2 is 2.36 bits per heavy atom. The molecular weight excluding hydrogens is 198 g/mol. The number of carbonyl (C=O) groups is 1. The minimum Gasteiger partial charge on any atom is -0.327 e. The van der Waals surface area contributed by atoms with Crippen molar-refractivity contribution in [1.29, 1.82) is 0 Å². The molecule has 1 saturated heterocycles. The summed E-state index contributed by atoms with van der Waals surface area (Å²) in [7, 11) is 0. The van der Waals surface area contributed by atoms with E-state index in [4.69, 9.17) is 0 Å². The van der Waals surface area contributed by atoms with Gasteiger partial charge in [-0.1, -0.05) is 0 Å². The highest BCUT2D eigenvalue weighted by atomic mass is 32.2. The molecule has 0 bridgehead atoms. The third kappa shape index (κ3) is 1.87. The molecular formula is C9H11N3OS. The molecule has 5 heteroatoms. The average molecular weight is 209 g/mol. The topological polar surface area (TPSA) is 46.1 Å². The van der Waals surface area contributed by atoms with Crippen molar-refractivity contribution in [1.82, 2.24) is 14.9 Å². The Kier molecular flexibility index (Phi) is 2.67. The normalized spacial score (nSPS) is 15.9. The monoisotopic (exact) mass is 209 g/mol. The molecule has 0 spiro atoms. The highest BCUT2D eigenvalue weighted by molar-refractivity contribution is 7.99. The number of carbonyl (C=O) groups excluding carboxylic acids is 1. The minimum absolute atomic E-state index is 0.0116. The van der Waals surface area contributed by atoms with Crippen LogP contribution < -0.4 is 0 Å². The Hall–Kier alpha value is -1.10. The van der Waals surface area contributed by atoms with Gasteiger partial charge in [-0.05, 0) is 6.92 Å². The molecule has 74 valence electrons. The third-order valence-corrected chi connectivity index (χ3v) is 3.01. The lowest BCUT2D eigenvalue weighted by Crippen LogP contribution is -2.28. The van der Waals surface area contributed by atoms with Crippen LogP contribution in [0.3, 0.4) is 0 Å². The lowest BCUT2D eigenvalue weighted by Gasteiger charge is -2.12. The molecule has 1 aliphatic heterocycles. The molecule has 0 radical (unpaired) electrons. The van der Waals surface area contributed by atoms with Gasteiger partial charge in [0.15, 0.2) is 0 Å². The fourth-order valence-electron chi connectivity index (χ4n) is 1.24. The number of amides is 1. The van der Waals surface area contributed by atoms with Gasteiger partial charge in [0.25, 0.3) is 5.91 Å². The zero-order valence-electron chi connectivity index (χ0n) is 7.93. The first-order chi connectivity index (χ1) is 6.77.